The van der Waals surface area contributed by atoms with Gasteiger partial charge in [0.05, 0.1) is 11.5 Å². The lowest BCUT2D eigenvalue weighted by Crippen LogP contribution is -2.23. The van der Waals surface area contributed by atoms with Crippen molar-refractivity contribution >= 4 is 10.0 Å². The molecule has 2 aromatic carbocycles. The van der Waals surface area contributed by atoms with Gasteiger partial charge >= 0.3 is 0 Å². The van der Waals surface area contributed by atoms with Crippen LogP contribution >= 0.6 is 0 Å². The van der Waals surface area contributed by atoms with Crippen molar-refractivity contribution in [3.8, 4) is 0 Å². The van der Waals surface area contributed by atoms with Crippen LogP contribution < -0.4 is 4.89 Å². The molecule has 0 aliphatic rings. The predicted octanol–water partition coefficient (Wildman–Crippen LogP) is 2.24. The summed E-state index contributed by atoms with van der Waals surface area (Å²) in [4.78, 5) is 6.88. The summed E-state index contributed by atoms with van der Waals surface area (Å²) in [5.74, 6) is -0.496. The van der Waals surface area contributed by atoms with Gasteiger partial charge in [0.15, 0.2) is 0 Å². The second-order valence-corrected chi connectivity index (χ2v) is 5.46. The summed E-state index contributed by atoms with van der Waals surface area (Å²) in [5, 5.41) is 0. The van der Waals surface area contributed by atoms with Crippen LogP contribution in [0.5, 0.6) is 0 Å². The van der Waals surface area contributed by atoms with Gasteiger partial charge in [0.1, 0.15) is 5.82 Å². The van der Waals surface area contributed by atoms with Crippen LogP contribution in [0.2, 0.25) is 0 Å². The lowest BCUT2D eigenvalue weighted by atomic mass is 10.2. The minimum Gasteiger partial charge on any atom is -0.282 e. The Bertz CT molecular complexity index is 627. The molecule has 2 aromatic rings. The van der Waals surface area contributed by atoms with E-state index in [0.29, 0.717) is 0 Å². The van der Waals surface area contributed by atoms with E-state index in [0.717, 1.165) is 17.7 Å². The SMILES string of the molecule is O=S(=O)(NOCc1ccccc1)c1ccc(F)cc1. The Kier molecular flexibility index (Phi) is 4.26. The quantitative estimate of drug-likeness (QED) is 0.855. The van der Waals surface area contributed by atoms with E-state index >= 15 is 0 Å². The fourth-order valence-electron chi connectivity index (χ4n) is 1.43. The van der Waals surface area contributed by atoms with Gasteiger partial charge in [-0.25, -0.2) is 12.8 Å². The average Bonchev–Trinajstić information content (AvgIpc) is 2.40. The van der Waals surface area contributed by atoms with Crippen LogP contribution in [0.25, 0.3) is 0 Å². The van der Waals surface area contributed by atoms with Gasteiger partial charge in [-0.3, -0.25) is 4.84 Å². The zero-order chi connectivity index (χ0) is 13.7. The summed E-state index contributed by atoms with van der Waals surface area (Å²) >= 11 is 0. The number of halogens is 1. The van der Waals surface area contributed by atoms with Gasteiger partial charge in [-0.05, 0) is 29.8 Å². The molecule has 0 bridgehead atoms. The van der Waals surface area contributed by atoms with E-state index in [9.17, 15) is 12.8 Å². The second kappa shape index (κ2) is 5.92. The van der Waals surface area contributed by atoms with Crippen LogP contribution in [0.4, 0.5) is 4.39 Å². The number of hydrogen-bond donors (Lipinski definition) is 1. The van der Waals surface area contributed by atoms with Gasteiger partial charge in [0.25, 0.3) is 10.0 Å². The molecule has 0 aromatic heterocycles. The maximum atomic E-state index is 12.7. The first-order valence-electron chi connectivity index (χ1n) is 5.51. The molecule has 0 aliphatic heterocycles. The maximum Gasteiger partial charge on any atom is 0.262 e. The third-order valence-corrected chi connectivity index (χ3v) is 3.60. The highest BCUT2D eigenvalue weighted by Gasteiger charge is 2.13. The zero-order valence-corrected chi connectivity index (χ0v) is 10.7. The predicted molar refractivity (Wildman–Crippen MR) is 68.0 cm³/mol. The van der Waals surface area contributed by atoms with Crippen molar-refractivity contribution in [3.63, 3.8) is 0 Å². The van der Waals surface area contributed by atoms with Crippen molar-refractivity contribution in [2.24, 2.45) is 0 Å². The number of nitrogens with one attached hydrogen (secondary N) is 1. The fraction of sp³-hybridized carbons (Fsp3) is 0.0769. The highest BCUT2D eigenvalue weighted by molar-refractivity contribution is 7.89. The molecular formula is C13H12FNO3S. The Balaban J connectivity index is 1.97. The molecule has 2 rings (SSSR count). The van der Waals surface area contributed by atoms with Gasteiger partial charge in [-0.1, -0.05) is 35.2 Å². The normalized spacial score (nSPS) is 11.4. The molecule has 0 radical (unpaired) electrons. The standard InChI is InChI=1S/C13H12FNO3S/c14-12-6-8-13(9-7-12)19(16,17)15-18-10-11-4-2-1-3-5-11/h1-9,15H,10H2. The van der Waals surface area contributed by atoms with Crippen molar-refractivity contribution < 1.29 is 17.6 Å². The molecule has 0 saturated heterocycles. The van der Waals surface area contributed by atoms with Crippen molar-refractivity contribution in [1.82, 2.24) is 4.89 Å². The smallest absolute Gasteiger partial charge is 0.262 e. The molecule has 0 unspecified atom stereocenters. The van der Waals surface area contributed by atoms with Crippen molar-refractivity contribution in [2.45, 2.75) is 11.5 Å². The average molecular weight is 281 g/mol. The van der Waals surface area contributed by atoms with Crippen molar-refractivity contribution in [2.75, 3.05) is 0 Å². The van der Waals surface area contributed by atoms with Crippen LogP contribution in [-0.4, -0.2) is 8.42 Å². The number of sulfonamides is 1. The maximum absolute atomic E-state index is 12.7. The zero-order valence-electron chi connectivity index (χ0n) is 9.91. The van der Waals surface area contributed by atoms with E-state index in [1.165, 1.54) is 12.1 Å². The van der Waals surface area contributed by atoms with Gasteiger partial charge in [0, 0.05) is 0 Å². The van der Waals surface area contributed by atoms with Crippen LogP contribution in [0, 0.1) is 5.82 Å². The van der Waals surface area contributed by atoms with Crippen LogP contribution in [0.1, 0.15) is 5.56 Å². The Morgan fingerprint density at radius 1 is 1.00 bits per heavy atom. The Labute approximate surface area is 110 Å². The van der Waals surface area contributed by atoms with E-state index in [2.05, 4.69) is 0 Å². The molecule has 0 heterocycles. The van der Waals surface area contributed by atoms with Crippen LogP contribution in [0.3, 0.4) is 0 Å². The first-order chi connectivity index (χ1) is 9.08. The molecule has 0 aliphatic carbocycles. The molecule has 6 heteroatoms. The highest BCUT2D eigenvalue weighted by Crippen LogP contribution is 2.10. The lowest BCUT2D eigenvalue weighted by Gasteiger charge is -2.07. The fourth-order valence-corrected chi connectivity index (χ4v) is 2.23. The third-order valence-electron chi connectivity index (χ3n) is 2.37. The molecule has 4 nitrogen and oxygen atoms in total. The molecule has 1 N–H and O–H groups in total. The van der Waals surface area contributed by atoms with Gasteiger partial charge < -0.3 is 0 Å². The van der Waals surface area contributed by atoms with Crippen LogP contribution in [-0.2, 0) is 21.5 Å². The molecule has 0 fully saturated rings. The molecule has 100 valence electrons. The number of benzene rings is 2. The van der Waals surface area contributed by atoms with Crippen molar-refractivity contribution in [3.05, 3.63) is 66.0 Å². The highest BCUT2D eigenvalue weighted by atomic mass is 32.2. The molecule has 0 amide bonds. The molecule has 19 heavy (non-hydrogen) atoms. The first-order valence-corrected chi connectivity index (χ1v) is 6.99. The molecular weight excluding hydrogens is 269 g/mol. The lowest BCUT2D eigenvalue weighted by molar-refractivity contribution is 0.0795. The Hall–Kier alpha value is -1.76. The third kappa shape index (κ3) is 3.85. The molecule has 0 atom stereocenters. The van der Waals surface area contributed by atoms with Crippen LogP contribution in [0.15, 0.2) is 59.5 Å². The topological polar surface area (TPSA) is 55.4 Å². The van der Waals surface area contributed by atoms with E-state index in [4.69, 9.17) is 4.84 Å². The summed E-state index contributed by atoms with van der Waals surface area (Å²) < 4.78 is 36.3. The van der Waals surface area contributed by atoms with Gasteiger partial charge in [-0.15, -0.1) is 0 Å². The van der Waals surface area contributed by atoms with Gasteiger partial charge in [0.2, 0.25) is 0 Å². The Morgan fingerprint density at radius 2 is 1.63 bits per heavy atom. The largest absolute Gasteiger partial charge is 0.282 e. The van der Waals surface area contributed by atoms with E-state index in [-0.39, 0.29) is 11.5 Å². The molecule has 0 saturated carbocycles. The molecule has 0 spiro atoms. The van der Waals surface area contributed by atoms with Crippen molar-refractivity contribution in [1.29, 1.82) is 0 Å². The summed E-state index contributed by atoms with van der Waals surface area (Å²) in [6.45, 7) is 0.112. The van der Waals surface area contributed by atoms with Gasteiger partial charge in [-0.2, -0.15) is 0 Å². The van der Waals surface area contributed by atoms with E-state index in [1.807, 2.05) is 35.2 Å². The minimum absolute atomic E-state index is 0.0537. The Morgan fingerprint density at radius 3 is 2.26 bits per heavy atom. The van der Waals surface area contributed by atoms with E-state index < -0.39 is 15.8 Å². The second-order valence-electron chi connectivity index (χ2n) is 3.81. The number of hydrogen-bond acceptors (Lipinski definition) is 3. The summed E-state index contributed by atoms with van der Waals surface area (Å²) in [6, 6.07) is 13.6. The summed E-state index contributed by atoms with van der Waals surface area (Å²) in [6.07, 6.45) is 0. The van der Waals surface area contributed by atoms with E-state index in [1.54, 1.807) is 0 Å². The first kappa shape index (κ1) is 13.7. The summed E-state index contributed by atoms with van der Waals surface area (Å²) in [7, 11) is -3.79. The number of rotatable bonds is 5. The minimum atomic E-state index is -3.79. The monoisotopic (exact) mass is 281 g/mol. The summed E-state index contributed by atoms with van der Waals surface area (Å²) in [5.41, 5.74) is 0.837.